The fraction of sp³-hybridized carbons (Fsp3) is 0.500. The van der Waals surface area contributed by atoms with Crippen LogP contribution in [-0.2, 0) is 4.74 Å². The van der Waals surface area contributed by atoms with Gasteiger partial charge in [-0.25, -0.2) is 0 Å². The van der Waals surface area contributed by atoms with Crippen LogP contribution in [0.1, 0.15) is 30.1 Å². The minimum Gasteiger partial charge on any atom is -0.493 e. The number of carbonyl (C=O) groups excluding carboxylic acids is 1. The second kappa shape index (κ2) is 8.37. The molecule has 1 aromatic carbocycles. The molecule has 0 radical (unpaired) electrons. The van der Waals surface area contributed by atoms with Crippen molar-refractivity contribution >= 4 is 11.6 Å². The van der Waals surface area contributed by atoms with Crippen molar-refractivity contribution in [3.05, 3.63) is 23.8 Å². The fourth-order valence-electron chi connectivity index (χ4n) is 1.73. The van der Waals surface area contributed by atoms with E-state index in [0.29, 0.717) is 36.8 Å². The van der Waals surface area contributed by atoms with Gasteiger partial charge in [0.2, 0.25) is 0 Å². The molecule has 0 aromatic heterocycles. The maximum Gasteiger partial charge on any atom is 0.257 e. The highest BCUT2D eigenvalue weighted by molar-refractivity contribution is 6.01. The third kappa shape index (κ3) is 4.79. The van der Waals surface area contributed by atoms with Crippen LogP contribution in [0.2, 0.25) is 0 Å². The van der Waals surface area contributed by atoms with Crippen molar-refractivity contribution in [2.24, 2.45) is 0 Å². The summed E-state index contributed by atoms with van der Waals surface area (Å²) in [6.45, 7) is 3.67. The van der Waals surface area contributed by atoms with Crippen molar-refractivity contribution in [3.63, 3.8) is 0 Å². The Hall–Kier alpha value is -1.75. The summed E-state index contributed by atoms with van der Waals surface area (Å²) in [5.74, 6) is 0.329. The molecule has 0 aliphatic heterocycles. The lowest BCUT2D eigenvalue weighted by Crippen LogP contribution is -2.26. The summed E-state index contributed by atoms with van der Waals surface area (Å²) in [5.41, 5.74) is 6.69. The number of benzene rings is 1. The van der Waals surface area contributed by atoms with Gasteiger partial charge in [0.15, 0.2) is 0 Å². The van der Waals surface area contributed by atoms with Crippen molar-refractivity contribution < 1.29 is 14.3 Å². The number of carbonyl (C=O) groups is 1. The van der Waals surface area contributed by atoms with Gasteiger partial charge in [0.1, 0.15) is 11.3 Å². The van der Waals surface area contributed by atoms with E-state index in [9.17, 15) is 4.79 Å². The van der Waals surface area contributed by atoms with E-state index >= 15 is 0 Å². The lowest BCUT2D eigenvalue weighted by atomic mass is 10.1. The molecule has 1 aromatic rings. The molecule has 0 fully saturated rings. The minimum atomic E-state index is -0.195. The first-order chi connectivity index (χ1) is 9.20. The van der Waals surface area contributed by atoms with Gasteiger partial charge < -0.3 is 20.5 Å². The van der Waals surface area contributed by atoms with E-state index in [4.69, 9.17) is 15.2 Å². The summed E-state index contributed by atoms with van der Waals surface area (Å²) in [6, 6.07) is 5.22. The average Bonchev–Trinajstić information content (AvgIpc) is 2.39. The number of amides is 1. The molecule has 0 spiro atoms. The van der Waals surface area contributed by atoms with Crippen LogP contribution < -0.4 is 15.8 Å². The van der Waals surface area contributed by atoms with E-state index in [1.54, 1.807) is 25.3 Å². The molecule has 1 rings (SSSR count). The van der Waals surface area contributed by atoms with Crippen molar-refractivity contribution in [2.45, 2.75) is 19.8 Å². The number of hydrogen-bond acceptors (Lipinski definition) is 4. The van der Waals surface area contributed by atoms with Crippen molar-refractivity contribution in [1.82, 2.24) is 5.32 Å². The van der Waals surface area contributed by atoms with Crippen LogP contribution in [0.4, 0.5) is 5.69 Å². The van der Waals surface area contributed by atoms with Gasteiger partial charge in [-0.3, -0.25) is 4.79 Å². The van der Waals surface area contributed by atoms with E-state index in [-0.39, 0.29) is 5.91 Å². The van der Waals surface area contributed by atoms with Crippen molar-refractivity contribution in [3.8, 4) is 5.75 Å². The van der Waals surface area contributed by atoms with Crippen LogP contribution in [0.5, 0.6) is 5.75 Å². The molecule has 5 heteroatoms. The molecule has 0 saturated carbocycles. The monoisotopic (exact) mass is 266 g/mol. The molecule has 3 N–H and O–H groups in total. The van der Waals surface area contributed by atoms with Crippen LogP contribution >= 0.6 is 0 Å². The lowest BCUT2D eigenvalue weighted by Gasteiger charge is -2.12. The van der Waals surface area contributed by atoms with E-state index in [1.165, 1.54) is 0 Å². The standard InChI is InChI=1S/C14H22N2O3/c1-3-19-12-8-6-7-11(15)13(12)14(17)16-9-4-5-10-18-2/h6-8H,3-5,9-10,15H2,1-2H3,(H,16,17). The van der Waals surface area contributed by atoms with Crippen LogP contribution in [0.25, 0.3) is 0 Å². The summed E-state index contributed by atoms with van der Waals surface area (Å²) in [7, 11) is 1.66. The number of nitrogen functional groups attached to an aromatic ring is 1. The Morgan fingerprint density at radius 3 is 2.84 bits per heavy atom. The summed E-state index contributed by atoms with van der Waals surface area (Å²) >= 11 is 0. The van der Waals surface area contributed by atoms with Gasteiger partial charge in [0.05, 0.1) is 6.61 Å². The molecule has 0 aliphatic rings. The maximum atomic E-state index is 12.1. The van der Waals surface area contributed by atoms with Gasteiger partial charge in [-0.2, -0.15) is 0 Å². The smallest absolute Gasteiger partial charge is 0.257 e. The average molecular weight is 266 g/mol. The molecule has 0 unspecified atom stereocenters. The first-order valence-electron chi connectivity index (χ1n) is 6.49. The molecule has 0 aliphatic carbocycles. The fourth-order valence-corrected chi connectivity index (χ4v) is 1.73. The number of hydrogen-bond donors (Lipinski definition) is 2. The quantitative estimate of drug-likeness (QED) is 0.556. The number of nitrogens with two attached hydrogens (primary N) is 1. The van der Waals surface area contributed by atoms with Gasteiger partial charge in [0.25, 0.3) is 5.91 Å². The number of rotatable bonds is 8. The largest absolute Gasteiger partial charge is 0.493 e. The van der Waals surface area contributed by atoms with Gasteiger partial charge in [-0.15, -0.1) is 0 Å². The number of unbranched alkanes of at least 4 members (excludes halogenated alkanes) is 1. The SMILES string of the molecule is CCOc1cccc(N)c1C(=O)NCCCCOC. The number of nitrogens with one attached hydrogen (secondary N) is 1. The van der Waals surface area contributed by atoms with E-state index in [0.717, 1.165) is 12.8 Å². The maximum absolute atomic E-state index is 12.1. The molecule has 0 atom stereocenters. The highest BCUT2D eigenvalue weighted by atomic mass is 16.5. The zero-order valence-corrected chi connectivity index (χ0v) is 11.6. The predicted octanol–water partition coefficient (Wildman–Crippen LogP) is 1.82. The first-order valence-corrected chi connectivity index (χ1v) is 6.49. The Morgan fingerprint density at radius 1 is 1.37 bits per heavy atom. The van der Waals surface area contributed by atoms with Gasteiger partial charge in [-0.05, 0) is 31.9 Å². The zero-order chi connectivity index (χ0) is 14.1. The highest BCUT2D eigenvalue weighted by Crippen LogP contribution is 2.24. The molecule has 0 heterocycles. The van der Waals surface area contributed by atoms with Crippen molar-refractivity contribution in [2.75, 3.05) is 32.6 Å². The van der Waals surface area contributed by atoms with Crippen LogP contribution in [0.3, 0.4) is 0 Å². The number of anilines is 1. The van der Waals surface area contributed by atoms with Crippen molar-refractivity contribution in [1.29, 1.82) is 0 Å². The first kappa shape index (κ1) is 15.3. The van der Waals surface area contributed by atoms with Gasteiger partial charge in [0, 0.05) is 25.9 Å². The van der Waals surface area contributed by atoms with E-state index in [1.807, 2.05) is 6.92 Å². The molecule has 19 heavy (non-hydrogen) atoms. The molecule has 5 nitrogen and oxygen atoms in total. The molecular formula is C14H22N2O3. The van der Waals surface area contributed by atoms with E-state index < -0.39 is 0 Å². The summed E-state index contributed by atoms with van der Waals surface area (Å²) in [4.78, 5) is 12.1. The lowest BCUT2D eigenvalue weighted by molar-refractivity contribution is 0.0948. The molecule has 0 bridgehead atoms. The summed E-state index contributed by atoms with van der Waals surface area (Å²) < 4.78 is 10.4. The highest BCUT2D eigenvalue weighted by Gasteiger charge is 2.15. The van der Waals surface area contributed by atoms with Crippen LogP contribution in [0, 0.1) is 0 Å². The van der Waals surface area contributed by atoms with Gasteiger partial charge in [-0.1, -0.05) is 6.07 Å². The Balaban J connectivity index is 2.60. The third-order valence-corrected chi connectivity index (χ3v) is 2.65. The topological polar surface area (TPSA) is 73.6 Å². The second-order valence-corrected chi connectivity index (χ2v) is 4.11. The Labute approximate surface area is 114 Å². The Morgan fingerprint density at radius 2 is 2.16 bits per heavy atom. The molecule has 106 valence electrons. The Bertz CT molecular complexity index is 408. The predicted molar refractivity (Wildman–Crippen MR) is 75.5 cm³/mol. The number of ether oxygens (including phenoxy) is 2. The second-order valence-electron chi connectivity index (χ2n) is 4.11. The molecular weight excluding hydrogens is 244 g/mol. The molecule has 0 saturated heterocycles. The summed E-state index contributed by atoms with van der Waals surface area (Å²) in [6.07, 6.45) is 1.79. The zero-order valence-electron chi connectivity index (χ0n) is 11.6. The van der Waals surface area contributed by atoms with E-state index in [2.05, 4.69) is 5.32 Å². The van der Waals surface area contributed by atoms with Crippen LogP contribution in [-0.4, -0.2) is 32.8 Å². The van der Waals surface area contributed by atoms with Crippen LogP contribution in [0.15, 0.2) is 18.2 Å². The Kier molecular flexibility index (Phi) is 6.74. The molecule has 1 amide bonds. The van der Waals surface area contributed by atoms with Gasteiger partial charge >= 0.3 is 0 Å². The number of methoxy groups -OCH3 is 1. The summed E-state index contributed by atoms with van der Waals surface area (Å²) in [5, 5.41) is 2.84. The normalized spacial score (nSPS) is 10.2. The minimum absolute atomic E-state index is 0.195. The third-order valence-electron chi connectivity index (χ3n) is 2.65.